The number of aryl methyl sites for hydroxylation is 1. The van der Waals surface area contributed by atoms with Gasteiger partial charge in [0.15, 0.2) is 0 Å². The van der Waals surface area contributed by atoms with Crippen molar-refractivity contribution in [3.63, 3.8) is 0 Å². The van der Waals surface area contributed by atoms with Gasteiger partial charge in [-0.25, -0.2) is 0 Å². The molecule has 0 radical (unpaired) electrons. The number of likely N-dealkylation sites (tertiary alicyclic amines) is 1. The first-order valence-corrected chi connectivity index (χ1v) is 15.1. The Morgan fingerprint density at radius 2 is 1.81 bits per heavy atom. The monoisotopic (exact) mass is 608 g/mol. The molecule has 1 amide bonds. The Bertz CT molecular complexity index is 1580. The number of carbonyl (C=O) groups is 1. The van der Waals surface area contributed by atoms with E-state index in [1.165, 1.54) is 0 Å². The van der Waals surface area contributed by atoms with E-state index in [1.807, 2.05) is 59.0 Å². The van der Waals surface area contributed by atoms with Gasteiger partial charge in [-0.05, 0) is 74.8 Å². The number of fused-ring (bicyclic) bond motifs is 1. The summed E-state index contributed by atoms with van der Waals surface area (Å²) in [6, 6.07) is 13.3. The lowest BCUT2D eigenvalue weighted by atomic mass is 9.96. The van der Waals surface area contributed by atoms with Gasteiger partial charge in [-0.3, -0.25) is 9.48 Å². The smallest absolute Gasteiger partial charge is 0.230 e. The number of aliphatic hydroxyl groups excluding tert-OH is 1. The number of hydrogen-bond donors (Lipinski definition) is 1. The number of rotatable bonds is 7. The van der Waals surface area contributed by atoms with Crippen molar-refractivity contribution in [3.8, 4) is 22.6 Å². The summed E-state index contributed by atoms with van der Waals surface area (Å²) in [5, 5.41) is 21.7. The number of benzene rings is 2. The van der Waals surface area contributed by atoms with E-state index in [-0.39, 0.29) is 11.8 Å². The maximum Gasteiger partial charge on any atom is 0.230 e. The van der Waals surface area contributed by atoms with Crippen LogP contribution in [0.2, 0.25) is 10.0 Å². The van der Waals surface area contributed by atoms with Crippen LogP contribution in [0.3, 0.4) is 0 Å². The minimum atomic E-state index is -0.587. The second-order valence-corrected chi connectivity index (χ2v) is 12.1. The molecule has 1 atom stereocenters. The van der Waals surface area contributed by atoms with E-state index in [1.54, 1.807) is 6.92 Å². The van der Waals surface area contributed by atoms with E-state index in [2.05, 4.69) is 15.0 Å². The largest absolute Gasteiger partial charge is 0.390 e. The Morgan fingerprint density at radius 1 is 1.07 bits per heavy atom. The average Bonchev–Trinajstić information content (AvgIpc) is 3.61. The summed E-state index contributed by atoms with van der Waals surface area (Å²) < 4.78 is 7.55. The predicted molar refractivity (Wildman–Crippen MR) is 161 cm³/mol. The zero-order valence-corrected chi connectivity index (χ0v) is 25.3. The van der Waals surface area contributed by atoms with Gasteiger partial charge in [0.05, 0.1) is 18.3 Å². The fourth-order valence-corrected chi connectivity index (χ4v) is 6.21. The number of amides is 1. The molecule has 0 saturated carbocycles. The van der Waals surface area contributed by atoms with Crippen LogP contribution in [0.15, 0.2) is 47.0 Å². The van der Waals surface area contributed by atoms with Crippen LogP contribution in [0.4, 0.5) is 0 Å². The van der Waals surface area contributed by atoms with Gasteiger partial charge in [0.25, 0.3) is 0 Å². The summed E-state index contributed by atoms with van der Waals surface area (Å²) in [4.78, 5) is 20.9. The molecule has 42 heavy (non-hydrogen) atoms. The number of halogens is 2. The van der Waals surface area contributed by atoms with E-state index in [9.17, 15) is 9.90 Å². The van der Waals surface area contributed by atoms with Gasteiger partial charge >= 0.3 is 0 Å². The maximum atomic E-state index is 12.2. The van der Waals surface area contributed by atoms with Gasteiger partial charge in [-0.1, -0.05) is 34.4 Å². The summed E-state index contributed by atoms with van der Waals surface area (Å²) in [5.41, 5.74) is 5.79. The van der Waals surface area contributed by atoms with Crippen molar-refractivity contribution in [2.45, 2.75) is 58.2 Å². The molecule has 1 unspecified atom stereocenters. The van der Waals surface area contributed by atoms with Crippen LogP contribution in [0.5, 0.6) is 0 Å². The van der Waals surface area contributed by atoms with Gasteiger partial charge in [0.1, 0.15) is 0 Å². The summed E-state index contributed by atoms with van der Waals surface area (Å²) in [7, 11) is 0. The van der Waals surface area contributed by atoms with E-state index in [4.69, 9.17) is 32.8 Å². The number of piperidine rings is 1. The Balaban J connectivity index is 1.10. The molecule has 2 aliphatic heterocycles. The zero-order chi connectivity index (χ0) is 29.4. The molecule has 220 valence electrons. The van der Waals surface area contributed by atoms with Gasteiger partial charge in [0, 0.05) is 71.3 Å². The number of aromatic nitrogens is 4. The first kappa shape index (κ1) is 28.9. The molecule has 2 aliphatic rings. The Labute approximate surface area is 255 Å². The van der Waals surface area contributed by atoms with E-state index in [0.717, 1.165) is 59.6 Å². The van der Waals surface area contributed by atoms with Crippen molar-refractivity contribution in [2.75, 3.05) is 26.2 Å². The molecule has 0 bridgehead atoms. The summed E-state index contributed by atoms with van der Waals surface area (Å²) in [6.07, 6.45) is 1.88. The highest BCUT2D eigenvalue weighted by Gasteiger charge is 2.30. The minimum Gasteiger partial charge on any atom is -0.390 e. The normalized spacial score (nSPS) is 16.9. The Hall–Kier alpha value is -3.24. The van der Waals surface area contributed by atoms with Crippen molar-refractivity contribution in [1.29, 1.82) is 0 Å². The Kier molecular flexibility index (Phi) is 8.36. The van der Waals surface area contributed by atoms with Gasteiger partial charge in [-0.15, -0.1) is 0 Å². The zero-order valence-electron chi connectivity index (χ0n) is 23.8. The van der Waals surface area contributed by atoms with Crippen LogP contribution in [0, 0.1) is 6.92 Å². The number of β-amino-alcohol motifs (C(OH)–C–C–N with tert-alkyl or cyclic N) is 1. The molecule has 2 aromatic carbocycles. The lowest BCUT2D eigenvalue weighted by molar-refractivity contribution is -0.129. The number of hydrogen-bond acceptors (Lipinski definition) is 7. The van der Waals surface area contributed by atoms with Gasteiger partial charge in [0.2, 0.25) is 17.6 Å². The van der Waals surface area contributed by atoms with Crippen molar-refractivity contribution in [2.24, 2.45) is 0 Å². The van der Waals surface area contributed by atoms with E-state index < -0.39 is 6.10 Å². The SMILES string of the molecule is CC(=O)N1CCc2c(c(-c3ccc(Cl)c(C)c3)nn2CC(O)CN2CCC(c3nc(-c4ccc(Cl)cc4)no3)CC2)C1. The van der Waals surface area contributed by atoms with Crippen LogP contribution >= 0.6 is 23.2 Å². The molecule has 0 aliphatic carbocycles. The molecule has 11 heteroatoms. The summed E-state index contributed by atoms with van der Waals surface area (Å²) in [5.74, 6) is 1.48. The third-order valence-electron chi connectivity index (χ3n) is 8.34. The molecular weight excluding hydrogens is 575 g/mol. The lowest BCUT2D eigenvalue weighted by Gasteiger charge is -2.32. The standard InChI is InChI=1S/C31H34Cl2N6O3/c1-19-15-23(5-8-27(19)33)29-26-18-38(20(2)40)14-11-28(26)39(35-29)17-25(41)16-37-12-9-22(10-13-37)31-34-30(36-42-31)21-3-6-24(32)7-4-21/h3-8,15,22,25,41H,9-14,16-18H2,1-2H3. The van der Waals surface area contributed by atoms with Crippen LogP contribution in [-0.2, 0) is 24.3 Å². The molecular formula is C31H34Cl2N6O3. The molecule has 2 aromatic heterocycles. The summed E-state index contributed by atoms with van der Waals surface area (Å²) in [6.45, 7) is 7.35. The fraction of sp³-hybridized carbons (Fsp3) is 0.419. The highest BCUT2D eigenvalue weighted by atomic mass is 35.5. The average molecular weight is 610 g/mol. The Morgan fingerprint density at radius 3 is 2.52 bits per heavy atom. The molecule has 9 nitrogen and oxygen atoms in total. The maximum absolute atomic E-state index is 12.2. The van der Waals surface area contributed by atoms with Crippen molar-refractivity contribution in [3.05, 3.63) is 75.2 Å². The van der Waals surface area contributed by atoms with Crippen LogP contribution in [-0.4, -0.2) is 73.0 Å². The number of carbonyl (C=O) groups excluding carboxylic acids is 1. The predicted octanol–water partition coefficient (Wildman–Crippen LogP) is 5.36. The topological polar surface area (TPSA) is 101 Å². The lowest BCUT2D eigenvalue weighted by Crippen LogP contribution is -2.40. The minimum absolute atomic E-state index is 0.0526. The van der Waals surface area contributed by atoms with Crippen molar-refractivity contribution < 1.29 is 14.4 Å². The van der Waals surface area contributed by atoms with Crippen LogP contribution in [0.25, 0.3) is 22.6 Å². The van der Waals surface area contributed by atoms with Crippen LogP contribution in [0.1, 0.15) is 48.4 Å². The van der Waals surface area contributed by atoms with Crippen molar-refractivity contribution >= 4 is 29.1 Å². The molecule has 0 spiro atoms. The highest BCUT2D eigenvalue weighted by Crippen LogP contribution is 2.33. The molecule has 4 heterocycles. The van der Waals surface area contributed by atoms with Crippen LogP contribution < -0.4 is 0 Å². The fourth-order valence-electron chi connectivity index (χ4n) is 5.97. The molecule has 4 aromatic rings. The number of aliphatic hydroxyl groups is 1. The first-order valence-electron chi connectivity index (χ1n) is 14.4. The molecule has 1 N–H and O–H groups in total. The third kappa shape index (κ3) is 6.10. The summed E-state index contributed by atoms with van der Waals surface area (Å²) >= 11 is 12.3. The van der Waals surface area contributed by atoms with Gasteiger partial charge in [-0.2, -0.15) is 10.1 Å². The second-order valence-electron chi connectivity index (χ2n) is 11.3. The molecule has 1 fully saturated rings. The van der Waals surface area contributed by atoms with E-state index >= 15 is 0 Å². The number of nitrogens with zero attached hydrogens (tertiary/aromatic N) is 6. The van der Waals surface area contributed by atoms with E-state index in [0.29, 0.717) is 54.4 Å². The van der Waals surface area contributed by atoms with Gasteiger partial charge < -0.3 is 19.4 Å². The quantitative estimate of drug-likeness (QED) is 0.301. The molecule has 1 saturated heterocycles. The highest BCUT2D eigenvalue weighted by molar-refractivity contribution is 6.31. The first-order chi connectivity index (χ1) is 20.2. The van der Waals surface area contributed by atoms with Crippen molar-refractivity contribution in [1.82, 2.24) is 29.7 Å². The molecule has 6 rings (SSSR count). The second kappa shape index (κ2) is 12.2. The third-order valence-corrected chi connectivity index (χ3v) is 9.02.